The van der Waals surface area contributed by atoms with Crippen molar-refractivity contribution >= 4 is 11.7 Å². The molecule has 0 unspecified atom stereocenters. The van der Waals surface area contributed by atoms with Crippen LogP contribution in [0.15, 0.2) is 54.6 Å². The van der Waals surface area contributed by atoms with Gasteiger partial charge >= 0.3 is 6.03 Å². The van der Waals surface area contributed by atoms with Crippen LogP contribution in [-0.4, -0.2) is 12.1 Å². The van der Waals surface area contributed by atoms with Gasteiger partial charge in [-0.1, -0.05) is 42.5 Å². The van der Waals surface area contributed by atoms with Crippen LogP contribution in [0.25, 0.3) is 0 Å². The molecule has 0 aliphatic heterocycles. The fourth-order valence-corrected chi connectivity index (χ4v) is 2.11. The van der Waals surface area contributed by atoms with Gasteiger partial charge in [0.05, 0.1) is 17.8 Å². The molecule has 0 fully saturated rings. The van der Waals surface area contributed by atoms with Crippen molar-refractivity contribution in [3.05, 3.63) is 60.2 Å². The van der Waals surface area contributed by atoms with Crippen molar-refractivity contribution in [1.82, 2.24) is 5.32 Å². The van der Waals surface area contributed by atoms with E-state index in [1.165, 1.54) is 0 Å². The van der Waals surface area contributed by atoms with Gasteiger partial charge in [-0.3, -0.25) is 0 Å². The first-order chi connectivity index (χ1) is 10.6. The molecule has 116 valence electrons. The number of nitrogens with one attached hydrogen (secondary N) is 2. The third-order valence-corrected chi connectivity index (χ3v) is 3.15. The number of benzene rings is 2. The summed E-state index contributed by atoms with van der Waals surface area (Å²) >= 11 is 0. The Hall–Kier alpha value is -2.49. The number of para-hydroxylation sites is 2. The van der Waals surface area contributed by atoms with Crippen LogP contribution in [-0.2, 0) is 0 Å². The molecule has 2 aromatic carbocycles. The molecule has 0 bridgehead atoms. The molecule has 0 aliphatic carbocycles. The Kier molecular flexibility index (Phi) is 5.42. The zero-order valence-electron chi connectivity index (χ0n) is 13.2. The number of urea groups is 1. The number of hydrogen-bond acceptors (Lipinski definition) is 2. The highest BCUT2D eigenvalue weighted by Gasteiger charge is 2.11. The summed E-state index contributed by atoms with van der Waals surface area (Å²) in [5.41, 5.74) is 1.72. The van der Waals surface area contributed by atoms with Crippen molar-refractivity contribution in [1.29, 1.82) is 0 Å². The van der Waals surface area contributed by atoms with Crippen LogP contribution in [0.4, 0.5) is 10.5 Å². The predicted molar refractivity (Wildman–Crippen MR) is 89.2 cm³/mol. The molecule has 1 atom stereocenters. The Balaban J connectivity index is 2.00. The van der Waals surface area contributed by atoms with Gasteiger partial charge in [0.15, 0.2) is 0 Å². The van der Waals surface area contributed by atoms with Crippen LogP contribution in [0.2, 0.25) is 0 Å². The smallest absolute Gasteiger partial charge is 0.319 e. The fourth-order valence-electron chi connectivity index (χ4n) is 2.11. The van der Waals surface area contributed by atoms with Crippen molar-refractivity contribution in [2.24, 2.45) is 0 Å². The van der Waals surface area contributed by atoms with Gasteiger partial charge in [-0.2, -0.15) is 0 Å². The second-order valence-electron chi connectivity index (χ2n) is 5.39. The lowest BCUT2D eigenvalue weighted by molar-refractivity contribution is 0.241. The van der Waals surface area contributed by atoms with E-state index in [0.717, 1.165) is 5.56 Å². The van der Waals surface area contributed by atoms with Crippen molar-refractivity contribution in [3.8, 4) is 5.75 Å². The van der Waals surface area contributed by atoms with E-state index < -0.39 is 0 Å². The molecular formula is C18H22N2O2. The summed E-state index contributed by atoms with van der Waals surface area (Å²) in [6.45, 7) is 5.86. The number of rotatable bonds is 5. The molecule has 0 aromatic heterocycles. The first-order valence-corrected chi connectivity index (χ1v) is 7.44. The van der Waals surface area contributed by atoms with Gasteiger partial charge in [-0.05, 0) is 38.5 Å². The van der Waals surface area contributed by atoms with Gasteiger partial charge in [0.2, 0.25) is 0 Å². The van der Waals surface area contributed by atoms with E-state index in [-0.39, 0.29) is 18.2 Å². The number of hydrogen-bond donors (Lipinski definition) is 2. The zero-order valence-corrected chi connectivity index (χ0v) is 13.2. The van der Waals surface area contributed by atoms with Crippen LogP contribution >= 0.6 is 0 Å². The molecule has 0 spiro atoms. The Bertz CT molecular complexity index is 611. The molecule has 2 N–H and O–H groups in total. The molecular weight excluding hydrogens is 276 g/mol. The fraction of sp³-hybridized carbons (Fsp3) is 0.278. The topological polar surface area (TPSA) is 50.4 Å². The summed E-state index contributed by atoms with van der Waals surface area (Å²) < 4.78 is 5.69. The van der Waals surface area contributed by atoms with Crippen LogP contribution < -0.4 is 15.4 Å². The number of amides is 2. The molecule has 0 radical (unpaired) electrons. The minimum absolute atomic E-state index is 0.0502. The Morgan fingerprint density at radius 2 is 1.59 bits per heavy atom. The van der Waals surface area contributed by atoms with Crippen LogP contribution in [0.5, 0.6) is 5.75 Å². The Morgan fingerprint density at radius 3 is 2.27 bits per heavy atom. The van der Waals surface area contributed by atoms with Crippen LogP contribution in [0.3, 0.4) is 0 Å². The summed E-state index contributed by atoms with van der Waals surface area (Å²) in [5, 5.41) is 5.76. The third-order valence-electron chi connectivity index (χ3n) is 3.15. The van der Waals surface area contributed by atoms with Crippen molar-refractivity contribution in [3.63, 3.8) is 0 Å². The second kappa shape index (κ2) is 7.50. The summed E-state index contributed by atoms with van der Waals surface area (Å²) in [6, 6.07) is 16.9. The lowest BCUT2D eigenvalue weighted by Gasteiger charge is -2.17. The number of carbonyl (C=O) groups is 1. The monoisotopic (exact) mass is 298 g/mol. The SMILES string of the molecule is CC(C)Oc1ccccc1NC(=O)N[C@@H](C)c1ccccc1. The van der Waals surface area contributed by atoms with Crippen molar-refractivity contribution < 1.29 is 9.53 Å². The molecule has 4 nitrogen and oxygen atoms in total. The van der Waals surface area contributed by atoms with Crippen LogP contribution in [0.1, 0.15) is 32.4 Å². The summed E-state index contributed by atoms with van der Waals surface area (Å²) in [6.07, 6.45) is 0.0502. The number of ether oxygens (including phenoxy) is 1. The average molecular weight is 298 g/mol. The van der Waals surface area contributed by atoms with E-state index in [4.69, 9.17) is 4.74 Å². The number of anilines is 1. The second-order valence-corrected chi connectivity index (χ2v) is 5.39. The molecule has 2 aromatic rings. The molecule has 22 heavy (non-hydrogen) atoms. The molecule has 0 aliphatic rings. The van der Waals surface area contributed by atoms with Gasteiger partial charge in [0, 0.05) is 0 Å². The van der Waals surface area contributed by atoms with E-state index in [1.807, 2.05) is 75.4 Å². The Labute approximate surface area is 131 Å². The molecule has 0 saturated heterocycles. The van der Waals surface area contributed by atoms with E-state index >= 15 is 0 Å². The Morgan fingerprint density at radius 1 is 0.955 bits per heavy atom. The van der Waals surface area contributed by atoms with Gasteiger partial charge in [0.25, 0.3) is 0 Å². The highest BCUT2D eigenvalue weighted by molar-refractivity contribution is 5.91. The van der Waals surface area contributed by atoms with Gasteiger partial charge in [0.1, 0.15) is 5.75 Å². The van der Waals surface area contributed by atoms with Gasteiger partial charge in [-0.25, -0.2) is 4.79 Å². The van der Waals surface area contributed by atoms with E-state index in [9.17, 15) is 4.79 Å². The first kappa shape index (κ1) is 15.9. The summed E-state index contributed by atoms with van der Waals surface area (Å²) in [4.78, 5) is 12.2. The minimum atomic E-state index is -0.254. The molecule has 0 saturated carbocycles. The standard InChI is InChI=1S/C18H22N2O2/c1-13(2)22-17-12-8-7-11-16(17)20-18(21)19-14(3)15-9-5-4-6-10-15/h4-14H,1-3H3,(H2,19,20,21)/t14-/m0/s1. The lowest BCUT2D eigenvalue weighted by atomic mass is 10.1. The highest BCUT2D eigenvalue weighted by atomic mass is 16.5. The largest absolute Gasteiger partial charge is 0.489 e. The van der Waals surface area contributed by atoms with Gasteiger partial charge < -0.3 is 15.4 Å². The lowest BCUT2D eigenvalue weighted by Crippen LogP contribution is -2.31. The number of carbonyl (C=O) groups excluding carboxylic acids is 1. The van der Waals surface area contributed by atoms with E-state index in [0.29, 0.717) is 11.4 Å². The maximum Gasteiger partial charge on any atom is 0.319 e. The molecule has 2 amide bonds. The summed E-state index contributed by atoms with van der Waals surface area (Å²) in [5.74, 6) is 0.667. The normalized spacial score (nSPS) is 11.8. The average Bonchev–Trinajstić information content (AvgIpc) is 2.49. The van der Waals surface area contributed by atoms with Gasteiger partial charge in [-0.15, -0.1) is 0 Å². The quantitative estimate of drug-likeness (QED) is 0.862. The third kappa shape index (κ3) is 4.52. The minimum Gasteiger partial charge on any atom is -0.489 e. The van der Waals surface area contributed by atoms with E-state index in [2.05, 4.69) is 10.6 Å². The zero-order chi connectivity index (χ0) is 15.9. The van der Waals surface area contributed by atoms with Crippen molar-refractivity contribution in [2.75, 3.05) is 5.32 Å². The molecule has 0 heterocycles. The van der Waals surface area contributed by atoms with Crippen LogP contribution in [0, 0.1) is 0 Å². The highest BCUT2D eigenvalue weighted by Crippen LogP contribution is 2.25. The molecule has 2 rings (SSSR count). The maximum atomic E-state index is 12.2. The van der Waals surface area contributed by atoms with E-state index in [1.54, 1.807) is 0 Å². The molecule has 4 heteroatoms. The predicted octanol–water partition coefficient (Wildman–Crippen LogP) is 4.36. The first-order valence-electron chi connectivity index (χ1n) is 7.44. The maximum absolute atomic E-state index is 12.2. The summed E-state index contributed by atoms with van der Waals surface area (Å²) in [7, 11) is 0. The van der Waals surface area contributed by atoms with Crippen molar-refractivity contribution in [2.45, 2.75) is 32.9 Å².